The standard InChI is InChI=1S/C24H30N2O5/c1-6-30-20-13-8-7-12-19(20)25-22(27)17(5)31-24(29)21(15(2)3)26-23(28)18-11-9-10-16(4)14-18/h7-15,17,21H,6H2,1-5H3,(H,25,27)(H,26,28)/t17?,21-/m0/s1. The van der Waals surface area contributed by atoms with Gasteiger partial charge in [0.15, 0.2) is 6.10 Å². The molecule has 31 heavy (non-hydrogen) atoms. The summed E-state index contributed by atoms with van der Waals surface area (Å²) in [6, 6.07) is 13.2. The van der Waals surface area contributed by atoms with Gasteiger partial charge < -0.3 is 20.1 Å². The molecule has 2 atom stereocenters. The lowest BCUT2D eigenvalue weighted by atomic mass is 10.0. The zero-order chi connectivity index (χ0) is 23.0. The first-order valence-electron chi connectivity index (χ1n) is 10.3. The normalized spacial score (nSPS) is 12.6. The molecule has 0 saturated heterocycles. The zero-order valence-corrected chi connectivity index (χ0v) is 18.6. The van der Waals surface area contributed by atoms with Gasteiger partial charge in [-0.2, -0.15) is 0 Å². The Morgan fingerprint density at radius 2 is 1.71 bits per heavy atom. The minimum atomic E-state index is -1.06. The Balaban J connectivity index is 2.03. The molecule has 0 spiro atoms. The van der Waals surface area contributed by atoms with E-state index in [1.54, 1.807) is 56.3 Å². The number of carbonyl (C=O) groups excluding carboxylic acids is 3. The molecule has 0 heterocycles. The van der Waals surface area contributed by atoms with Crippen molar-refractivity contribution >= 4 is 23.5 Å². The van der Waals surface area contributed by atoms with E-state index in [0.29, 0.717) is 23.6 Å². The molecular weight excluding hydrogens is 396 g/mol. The number of esters is 1. The lowest BCUT2D eigenvalue weighted by molar-refractivity contribution is -0.156. The quantitative estimate of drug-likeness (QED) is 0.596. The Hall–Kier alpha value is -3.35. The minimum absolute atomic E-state index is 0.227. The van der Waals surface area contributed by atoms with Crippen LogP contribution in [0.1, 0.15) is 43.6 Å². The summed E-state index contributed by atoms with van der Waals surface area (Å²) in [7, 11) is 0. The van der Waals surface area contributed by atoms with E-state index in [-0.39, 0.29) is 11.8 Å². The fourth-order valence-corrected chi connectivity index (χ4v) is 2.90. The second-order valence-corrected chi connectivity index (χ2v) is 7.56. The van der Waals surface area contributed by atoms with Crippen LogP contribution in [0.25, 0.3) is 0 Å². The summed E-state index contributed by atoms with van der Waals surface area (Å²) in [5, 5.41) is 5.43. The van der Waals surface area contributed by atoms with Gasteiger partial charge in [0.2, 0.25) is 0 Å². The molecule has 2 rings (SSSR count). The molecule has 2 aromatic rings. The molecule has 1 unspecified atom stereocenters. The fraction of sp³-hybridized carbons (Fsp3) is 0.375. The van der Waals surface area contributed by atoms with Crippen molar-refractivity contribution in [3.63, 3.8) is 0 Å². The predicted octanol–water partition coefficient (Wildman–Crippen LogP) is 3.72. The average Bonchev–Trinajstić information content (AvgIpc) is 2.73. The van der Waals surface area contributed by atoms with Crippen LogP contribution in [0, 0.1) is 12.8 Å². The molecule has 0 aliphatic heterocycles. The van der Waals surface area contributed by atoms with Crippen molar-refractivity contribution in [2.24, 2.45) is 5.92 Å². The van der Waals surface area contributed by atoms with E-state index in [9.17, 15) is 14.4 Å². The first-order valence-corrected chi connectivity index (χ1v) is 10.3. The average molecular weight is 427 g/mol. The van der Waals surface area contributed by atoms with Crippen molar-refractivity contribution in [2.75, 3.05) is 11.9 Å². The number of amides is 2. The van der Waals surface area contributed by atoms with Crippen molar-refractivity contribution in [1.82, 2.24) is 5.32 Å². The summed E-state index contributed by atoms with van der Waals surface area (Å²) in [5.74, 6) is -1.23. The molecule has 0 saturated carbocycles. The number of hydrogen-bond donors (Lipinski definition) is 2. The van der Waals surface area contributed by atoms with Crippen LogP contribution in [-0.4, -0.2) is 36.5 Å². The van der Waals surface area contributed by atoms with E-state index in [4.69, 9.17) is 9.47 Å². The van der Waals surface area contributed by atoms with E-state index >= 15 is 0 Å². The summed E-state index contributed by atoms with van der Waals surface area (Å²) in [4.78, 5) is 37.8. The van der Waals surface area contributed by atoms with Gasteiger partial charge in [0.1, 0.15) is 11.8 Å². The molecule has 166 valence electrons. The number of para-hydroxylation sites is 2. The van der Waals surface area contributed by atoms with Gasteiger partial charge >= 0.3 is 5.97 Å². The van der Waals surface area contributed by atoms with Gasteiger partial charge in [-0.25, -0.2) is 4.79 Å². The maximum Gasteiger partial charge on any atom is 0.329 e. The second-order valence-electron chi connectivity index (χ2n) is 7.56. The largest absolute Gasteiger partial charge is 0.492 e. The van der Waals surface area contributed by atoms with E-state index < -0.39 is 24.0 Å². The zero-order valence-electron chi connectivity index (χ0n) is 18.6. The molecule has 0 fully saturated rings. The van der Waals surface area contributed by atoms with Crippen molar-refractivity contribution in [1.29, 1.82) is 0 Å². The van der Waals surface area contributed by atoms with Gasteiger partial charge in [0, 0.05) is 5.56 Å². The predicted molar refractivity (Wildman–Crippen MR) is 119 cm³/mol. The summed E-state index contributed by atoms with van der Waals surface area (Å²) in [6.45, 7) is 9.26. The number of carbonyl (C=O) groups is 3. The number of hydrogen-bond acceptors (Lipinski definition) is 5. The van der Waals surface area contributed by atoms with Crippen LogP contribution < -0.4 is 15.4 Å². The molecule has 7 nitrogen and oxygen atoms in total. The number of aryl methyl sites for hydroxylation is 1. The summed E-state index contributed by atoms with van der Waals surface area (Å²) >= 11 is 0. The lowest BCUT2D eigenvalue weighted by Gasteiger charge is -2.23. The van der Waals surface area contributed by atoms with Gasteiger partial charge in [-0.05, 0) is 51.0 Å². The van der Waals surface area contributed by atoms with Crippen LogP contribution in [0.5, 0.6) is 5.75 Å². The molecule has 2 N–H and O–H groups in total. The number of benzene rings is 2. The molecule has 0 aliphatic carbocycles. The summed E-state index contributed by atoms with van der Waals surface area (Å²) < 4.78 is 10.9. The maximum atomic E-state index is 12.7. The molecule has 7 heteroatoms. The van der Waals surface area contributed by atoms with E-state index in [0.717, 1.165) is 5.56 Å². The van der Waals surface area contributed by atoms with E-state index in [1.165, 1.54) is 6.92 Å². The van der Waals surface area contributed by atoms with E-state index in [1.807, 2.05) is 19.9 Å². The third-order valence-electron chi connectivity index (χ3n) is 4.59. The molecule has 2 aromatic carbocycles. The molecule has 0 radical (unpaired) electrons. The van der Waals surface area contributed by atoms with Gasteiger partial charge in [-0.1, -0.05) is 43.7 Å². The maximum absolute atomic E-state index is 12.7. The van der Waals surface area contributed by atoms with Crippen LogP contribution in [0.15, 0.2) is 48.5 Å². The highest BCUT2D eigenvalue weighted by atomic mass is 16.5. The van der Waals surface area contributed by atoms with Gasteiger partial charge in [-0.3, -0.25) is 9.59 Å². The Bertz CT molecular complexity index is 926. The summed E-state index contributed by atoms with van der Waals surface area (Å²) in [5.41, 5.74) is 1.89. The van der Waals surface area contributed by atoms with Crippen LogP contribution in [0.2, 0.25) is 0 Å². The van der Waals surface area contributed by atoms with Crippen molar-refractivity contribution < 1.29 is 23.9 Å². The van der Waals surface area contributed by atoms with E-state index in [2.05, 4.69) is 10.6 Å². The molecule has 2 amide bonds. The highest BCUT2D eigenvalue weighted by Gasteiger charge is 2.29. The van der Waals surface area contributed by atoms with Gasteiger partial charge in [0.25, 0.3) is 11.8 Å². The van der Waals surface area contributed by atoms with Crippen LogP contribution >= 0.6 is 0 Å². The first-order chi connectivity index (χ1) is 14.7. The number of anilines is 1. The monoisotopic (exact) mass is 426 g/mol. The third-order valence-corrected chi connectivity index (χ3v) is 4.59. The van der Waals surface area contributed by atoms with Crippen LogP contribution in [0.3, 0.4) is 0 Å². The Morgan fingerprint density at radius 1 is 1.00 bits per heavy atom. The molecule has 0 aliphatic rings. The van der Waals surface area contributed by atoms with Gasteiger partial charge in [-0.15, -0.1) is 0 Å². The van der Waals surface area contributed by atoms with Crippen molar-refractivity contribution in [3.05, 3.63) is 59.7 Å². The van der Waals surface area contributed by atoms with Crippen molar-refractivity contribution in [2.45, 2.75) is 46.8 Å². The minimum Gasteiger partial charge on any atom is -0.492 e. The fourth-order valence-electron chi connectivity index (χ4n) is 2.90. The highest BCUT2D eigenvalue weighted by Crippen LogP contribution is 2.24. The van der Waals surface area contributed by atoms with Gasteiger partial charge in [0.05, 0.1) is 12.3 Å². The molecule has 0 bridgehead atoms. The van der Waals surface area contributed by atoms with Crippen LogP contribution in [-0.2, 0) is 14.3 Å². The Labute approximate surface area is 183 Å². The number of nitrogens with one attached hydrogen (secondary N) is 2. The number of ether oxygens (including phenoxy) is 2. The Kier molecular flexibility index (Phi) is 8.61. The number of rotatable bonds is 9. The second kappa shape index (κ2) is 11.2. The lowest BCUT2D eigenvalue weighted by Crippen LogP contribution is -2.47. The summed E-state index contributed by atoms with van der Waals surface area (Å²) in [6.07, 6.45) is -1.06. The van der Waals surface area contributed by atoms with Crippen molar-refractivity contribution in [3.8, 4) is 5.75 Å². The highest BCUT2D eigenvalue weighted by molar-refractivity contribution is 5.98. The smallest absolute Gasteiger partial charge is 0.329 e. The van der Waals surface area contributed by atoms with Crippen LogP contribution in [0.4, 0.5) is 5.69 Å². The molecular formula is C24H30N2O5. The first kappa shape index (κ1) is 23.9. The Morgan fingerprint density at radius 3 is 2.35 bits per heavy atom. The third kappa shape index (κ3) is 6.84. The SMILES string of the molecule is CCOc1ccccc1NC(=O)C(C)OC(=O)[C@@H](NC(=O)c1cccc(C)c1)C(C)C. The molecule has 0 aromatic heterocycles. The topological polar surface area (TPSA) is 93.7 Å².